The SMILES string of the molecule is C[C@H](N)c1ccccc1N1CCN2CCCCC2C1. The number of para-hydroxylation sites is 1. The van der Waals surface area contributed by atoms with Crippen LogP contribution in [0.15, 0.2) is 24.3 Å². The van der Waals surface area contributed by atoms with E-state index in [1.807, 2.05) is 0 Å². The summed E-state index contributed by atoms with van der Waals surface area (Å²) in [5.74, 6) is 0. The van der Waals surface area contributed by atoms with E-state index in [0.29, 0.717) is 0 Å². The molecule has 3 rings (SSSR count). The van der Waals surface area contributed by atoms with Gasteiger partial charge in [-0.25, -0.2) is 0 Å². The maximum atomic E-state index is 6.12. The zero-order valence-electron chi connectivity index (χ0n) is 11.9. The Balaban J connectivity index is 1.79. The Labute approximate surface area is 116 Å². The Kier molecular flexibility index (Phi) is 3.76. The minimum atomic E-state index is 0.112. The summed E-state index contributed by atoms with van der Waals surface area (Å²) in [7, 11) is 0. The standard InChI is InChI=1S/C16H25N3/c1-13(17)15-7-2-3-8-16(15)19-11-10-18-9-5-4-6-14(18)12-19/h2-3,7-8,13-14H,4-6,9-12,17H2,1H3/t13-,14?/m0/s1. The summed E-state index contributed by atoms with van der Waals surface area (Å²) in [5, 5.41) is 0. The fourth-order valence-electron chi connectivity index (χ4n) is 3.54. The van der Waals surface area contributed by atoms with E-state index < -0.39 is 0 Å². The summed E-state index contributed by atoms with van der Waals surface area (Å²) in [6, 6.07) is 9.50. The fourth-order valence-corrected chi connectivity index (χ4v) is 3.54. The first-order chi connectivity index (χ1) is 9.25. The molecule has 19 heavy (non-hydrogen) atoms. The number of piperidine rings is 1. The molecular formula is C16H25N3. The molecule has 0 spiro atoms. The van der Waals surface area contributed by atoms with Gasteiger partial charge in [0.15, 0.2) is 0 Å². The lowest BCUT2D eigenvalue weighted by Gasteiger charge is -2.45. The van der Waals surface area contributed by atoms with Gasteiger partial charge in [0.05, 0.1) is 0 Å². The maximum absolute atomic E-state index is 6.12. The zero-order chi connectivity index (χ0) is 13.2. The van der Waals surface area contributed by atoms with E-state index in [1.165, 1.54) is 50.1 Å². The molecule has 2 saturated heterocycles. The van der Waals surface area contributed by atoms with Crippen LogP contribution in [0.5, 0.6) is 0 Å². The molecule has 0 amide bonds. The third-order valence-electron chi connectivity index (χ3n) is 4.61. The van der Waals surface area contributed by atoms with Crippen molar-refractivity contribution in [1.29, 1.82) is 0 Å². The highest BCUT2D eigenvalue weighted by molar-refractivity contribution is 5.55. The molecule has 2 fully saturated rings. The van der Waals surface area contributed by atoms with Gasteiger partial charge in [0.25, 0.3) is 0 Å². The molecular weight excluding hydrogens is 234 g/mol. The van der Waals surface area contributed by atoms with Crippen LogP contribution in [0, 0.1) is 0 Å². The highest BCUT2D eigenvalue weighted by atomic mass is 15.3. The molecule has 2 N–H and O–H groups in total. The number of piperazine rings is 1. The number of hydrogen-bond donors (Lipinski definition) is 1. The van der Waals surface area contributed by atoms with Crippen molar-refractivity contribution in [1.82, 2.24) is 4.90 Å². The van der Waals surface area contributed by atoms with Crippen LogP contribution in [-0.4, -0.2) is 37.1 Å². The molecule has 0 aliphatic carbocycles. The highest BCUT2D eigenvalue weighted by Crippen LogP contribution is 2.29. The quantitative estimate of drug-likeness (QED) is 0.885. The Morgan fingerprint density at radius 1 is 1.16 bits per heavy atom. The molecule has 2 aliphatic rings. The Morgan fingerprint density at radius 3 is 2.84 bits per heavy atom. The van der Waals surface area contributed by atoms with Crippen molar-refractivity contribution in [3.05, 3.63) is 29.8 Å². The Morgan fingerprint density at radius 2 is 2.00 bits per heavy atom. The highest BCUT2D eigenvalue weighted by Gasteiger charge is 2.29. The lowest BCUT2D eigenvalue weighted by molar-refractivity contribution is 0.133. The van der Waals surface area contributed by atoms with Crippen molar-refractivity contribution in [2.45, 2.75) is 38.3 Å². The monoisotopic (exact) mass is 259 g/mol. The molecule has 0 bridgehead atoms. The van der Waals surface area contributed by atoms with Crippen molar-refractivity contribution in [2.75, 3.05) is 31.1 Å². The van der Waals surface area contributed by atoms with Gasteiger partial charge in [-0.3, -0.25) is 4.90 Å². The van der Waals surface area contributed by atoms with Crippen molar-refractivity contribution >= 4 is 5.69 Å². The van der Waals surface area contributed by atoms with E-state index in [1.54, 1.807) is 0 Å². The third-order valence-corrected chi connectivity index (χ3v) is 4.61. The second-order valence-electron chi connectivity index (χ2n) is 5.98. The van der Waals surface area contributed by atoms with E-state index in [0.717, 1.165) is 12.6 Å². The third kappa shape index (κ3) is 2.63. The average Bonchev–Trinajstić information content (AvgIpc) is 2.46. The minimum Gasteiger partial charge on any atom is -0.368 e. The fraction of sp³-hybridized carbons (Fsp3) is 0.625. The number of nitrogens with zero attached hydrogens (tertiary/aromatic N) is 2. The number of fused-ring (bicyclic) bond motifs is 1. The van der Waals surface area contributed by atoms with Gasteiger partial charge in [-0.1, -0.05) is 24.6 Å². The van der Waals surface area contributed by atoms with Crippen LogP contribution in [-0.2, 0) is 0 Å². The number of rotatable bonds is 2. The van der Waals surface area contributed by atoms with Crippen LogP contribution in [0.4, 0.5) is 5.69 Å². The summed E-state index contributed by atoms with van der Waals surface area (Å²) in [6.45, 7) is 6.89. The smallest absolute Gasteiger partial charge is 0.0415 e. The predicted molar refractivity (Wildman–Crippen MR) is 80.5 cm³/mol. The average molecular weight is 259 g/mol. The van der Waals surface area contributed by atoms with Crippen LogP contribution in [0.1, 0.15) is 37.8 Å². The van der Waals surface area contributed by atoms with Gasteiger partial charge in [-0.2, -0.15) is 0 Å². The number of benzene rings is 1. The second kappa shape index (κ2) is 5.51. The molecule has 104 valence electrons. The zero-order valence-corrected chi connectivity index (χ0v) is 11.9. The molecule has 3 heteroatoms. The first kappa shape index (κ1) is 12.9. The van der Waals surface area contributed by atoms with Crippen molar-refractivity contribution in [2.24, 2.45) is 5.73 Å². The first-order valence-corrected chi connectivity index (χ1v) is 7.59. The number of hydrogen-bond acceptors (Lipinski definition) is 3. The van der Waals surface area contributed by atoms with Gasteiger partial charge in [-0.05, 0) is 37.9 Å². The number of anilines is 1. The maximum Gasteiger partial charge on any atom is 0.0415 e. The minimum absolute atomic E-state index is 0.112. The summed E-state index contributed by atoms with van der Waals surface area (Å²) < 4.78 is 0. The van der Waals surface area contributed by atoms with Crippen molar-refractivity contribution in [3.8, 4) is 0 Å². The summed E-state index contributed by atoms with van der Waals surface area (Å²) in [6.07, 6.45) is 4.13. The molecule has 1 unspecified atom stereocenters. The van der Waals surface area contributed by atoms with Gasteiger partial charge in [0, 0.05) is 37.4 Å². The summed E-state index contributed by atoms with van der Waals surface area (Å²) >= 11 is 0. The van der Waals surface area contributed by atoms with Gasteiger partial charge >= 0.3 is 0 Å². The van der Waals surface area contributed by atoms with Crippen LogP contribution < -0.4 is 10.6 Å². The van der Waals surface area contributed by atoms with Crippen LogP contribution >= 0.6 is 0 Å². The Hall–Kier alpha value is -1.06. The van der Waals surface area contributed by atoms with E-state index in [-0.39, 0.29) is 6.04 Å². The molecule has 2 heterocycles. The Bertz CT molecular complexity index is 430. The molecule has 0 saturated carbocycles. The number of nitrogens with two attached hydrogens (primary N) is 1. The van der Waals surface area contributed by atoms with Gasteiger partial charge in [-0.15, -0.1) is 0 Å². The lowest BCUT2D eigenvalue weighted by atomic mass is 9.98. The largest absolute Gasteiger partial charge is 0.368 e. The summed E-state index contributed by atoms with van der Waals surface area (Å²) in [4.78, 5) is 5.22. The van der Waals surface area contributed by atoms with Crippen molar-refractivity contribution in [3.63, 3.8) is 0 Å². The van der Waals surface area contributed by atoms with E-state index in [9.17, 15) is 0 Å². The molecule has 0 aromatic heterocycles. The molecule has 2 atom stereocenters. The van der Waals surface area contributed by atoms with Crippen LogP contribution in [0.3, 0.4) is 0 Å². The van der Waals surface area contributed by atoms with E-state index in [4.69, 9.17) is 5.73 Å². The van der Waals surface area contributed by atoms with Gasteiger partial charge < -0.3 is 10.6 Å². The molecule has 0 radical (unpaired) electrons. The predicted octanol–water partition coefficient (Wildman–Crippen LogP) is 2.38. The van der Waals surface area contributed by atoms with Crippen molar-refractivity contribution < 1.29 is 0 Å². The van der Waals surface area contributed by atoms with E-state index in [2.05, 4.69) is 41.0 Å². The normalized spacial score (nSPS) is 26.0. The topological polar surface area (TPSA) is 32.5 Å². The van der Waals surface area contributed by atoms with E-state index >= 15 is 0 Å². The first-order valence-electron chi connectivity index (χ1n) is 7.59. The molecule has 2 aliphatic heterocycles. The van der Waals surface area contributed by atoms with Gasteiger partial charge in [0.1, 0.15) is 0 Å². The molecule has 1 aromatic rings. The molecule has 3 nitrogen and oxygen atoms in total. The second-order valence-corrected chi connectivity index (χ2v) is 5.98. The van der Waals surface area contributed by atoms with Crippen LogP contribution in [0.2, 0.25) is 0 Å². The lowest BCUT2D eigenvalue weighted by Crippen LogP contribution is -2.55. The summed E-state index contributed by atoms with van der Waals surface area (Å²) in [5.41, 5.74) is 8.75. The van der Waals surface area contributed by atoms with Crippen LogP contribution in [0.25, 0.3) is 0 Å². The van der Waals surface area contributed by atoms with Gasteiger partial charge in [0.2, 0.25) is 0 Å². The molecule has 1 aromatic carbocycles.